The number of allylic oxidation sites excluding steroid dienone is 3. The molecule has 0 saturated heterocycles. The third-order valence-electron chi connectivity index (χ3n) is 5.31. The highest BCUT2D eigenvalue weighted by Gasteiger charge is 2.39. The van der Waals surface area contributed by atoms with E-state index in [1.807, 2.05) is 6.26 Å². The minimum absolute atomic E-state index is 0.162. The highest BCUT2D eigenvalue weighted by atomic mass is 16.5. The van der Waals surface area contributed by atoms with Crippen LogP contribution in [0.4, 0.5) is 0 Å². The summed E-state index contributed by atoms with van der Waals surface area (Å²) in [7, 11) is 0. The van der Waals surface area contributed by atoms with Gasteiger partial charge in [0.15, 0.2) is 0 Å². The molecular formula is C23H22O. The SMILES string of the molecule is CC1C=CC2COC=CC2=CC1(c1ccccc1)c1ccccc1. The second-order valence-corrected chi connectivity index (χ2v) is 6.66. The van der Waals surface area contributed by atoms with Crippen LogP contribution in [0.15, 0.2) is 96.8 Å². The molecule has 0 saturated carbocycles. The fourth-order valence-corrected chi connectivity index (χ4v) is 3.96. The van der Waals surface area contributed by atoms with E-state index in [0.29, 0.717) is 11.8 Å². The standard InChI is InChI=1S/C23H22O/c1-18-12-13-20-17-24-15-14-19(20)16-23(18,21-8-4-2-5-9-21)22-10-6-3-7-11-22/h2-16,18,20H,17H2,1H3. The molecule has 2 aliphatic rings. The topological polar surface area (TPSA) is 9.23 Å². The van der Waals surface area contributed by atoms with Gasteiger partial charge in [0, 0.05) is 11.3 Å². The van der Waals surface area contributed by atoms with Crippen LogP contribution >= 0.6 is 0 Å². The van der Waals surface area contributed by atoms with Crippen molar-refractivity contribution in [3.05, 3.63) is 108 Å². The summed E-state index contributed by atoms with van der Waals surface area (Å²) in [6.45, 7) is 3.04. The van der Waals surface area contributed by atoms with Crippen molar-refractivity contribution in [3.63, 3.8) is 0 Å². The maximum Gasteiger partial charge on any atom is 0.0976 e. The molecule has 1 aliphatic carbocycles. The molecule has 2 aromatic carbocycles. The van der Waals surface area contributed by atoms with Crippen LogP contribution in [0.5, 0.6) is 0 Å². The fraction of sp³-hybridized carbons (Fsp3) is 0.217. The third-order valence-corrected chi connectivity index (χ3v) is 5.31. The molecule has 2 atom stereocenters. The molecule has 1 heteroatoms. The summed E-state index contributed by atoms with van der Waals surface area (Å²) >= 11 is 0. The Morgan fingerprint density at radius 1 is 0.875 bits per heavy atom. The maximum absolute atomic E-state index is 5.54. The predicted molar refractivity (Wildman–Crippen MR) is 98.6 cm³/mol. The summed E-state index contributed by atoms with van der Waals surface area (Å²) in [5.74, 6) is 0.695. The van der Waals surface area contributed by atoms with Crippen LogP contribution in [-0.2, 0) is 10.2 Å². The van der Waals surface area contributed by atoms with Crippen molar-refractivity contribution in [1.82, 2.24) is 0 Å². The molecule has 0 N–H and O–H groups in total. The van der Waals surface area contributed by atoms with E-state index in [4.69, 9.17) is 4.74 Å². The van der Waals surface area contributed by atoms with Crippen LogP contribution in [-0.4, -0.2) is 6.61 Å². The van der Waals surface area contributed by atoms with Gasteiger partial charge in [0.05, 0.1) is 12.9 Å². The van der Waals surface area contributed by atoms with Gasteiger partial charge in [-0.25, -0.2) is 0 Å². The molecule has 4 rings (SSSR count). The summed E-state index contributed by atoms with van der Waals surface area (Å²) in [5.41, 5.74) is 3.85. The van der Waals surface area contributed by atoms with Crippen molar-refractivity contribution in [1.29, 1.82) is 0 Å². The molecule has 24 heavy (non-hydrogen) atoms. The Morgan fingerprint density at radius 3 is 2.12 bits per heavy atom. The zero-order valence-electron chi connectivity index (χ0n) is 13.9. The lowest BCUT2D eigenvalue weighted by atomic mass is 9.66. The van der Waals surface area contributed by atoms with Crippen molar-refractivity contribution in [2.75, 3.05) is 6.61 Å². The van der Waals surface area contributed by atoms with E-state index >= 15 is 0 Å². The third kappa shape index (κ3) is 2.41. The zero-order valence-corrected chi connectivity index (χ0v) is 13.9. The molecule has 2 aromatic rings. The van der Waals surface area contributed by atoms with Gasteiger partial charge in [0.25, 0.3) is 0 Å². The molecule has 0 fully saturated rings. The molecule has 1 heterocycles. The highest BCUT2D eigenvalue weighted by Crippen LogP contribution is 2.45. The van der Waals surface area contributed by atoms with Gasteiger partial charge in [-0.1, -0.05) is 85.8 Å². The molecule has 0 amide bonds. The van der Waals surface area contributed by atoms with Gasteiger partial charge in [-0.05, 0) is 28.7 Å². The molecular weight excluding hydrogens is 292 g/mol. The zero-order chi connectivity index (χ0) is 16.4. The highest BCUT2D eigenvalue weighted by molar-refractivity contribution is 5.50. The van der Waals surface area contributed by atoms with Crippen molar-refractivity contribution in [3.8, 4) is 0 Å². The monoisotopic (exact) mass is 314 g/mol. The number of rotatable bonds is 2. The van der Waals surface area contributed by atoms with E-state index in [1.165, 1.54) is 16.7 Å². The van der Waals surface area contributed by atoms with E-state index in [1.54, 1.807) is 0 Å². The first-order valence-corrected chi connectivity index (χ1v) is 8.61. The molecule has 0 bridgehead atoms. The number of hydrogen-bond donors (Lipinski definition) is 0. The van der Waals surface area contributed by atoms with Crippen LogP contribution in [0.25, 0.3) is 0 Å². The van der Waals surface area contributed by atoms with Crippen LogP contribution in [0.3, 0.4) is 0 Å². The first kappa shape index (κ1) is 15.0. The Bertz CT molecular complexity index is 744. The number of ether oxygens (including phenoxy) is 1. The van der Waals surface area contributed by atoms with Gasteiger partial charge < -0.3 is 4.74 Å². The van der Waals surface area contributed by atoms with Gasteiger partial charge in [0.2, 0.25) is 0 Å². The Balaban J connectivity index is 2.00. The largest absolute Gasteiger partial charge is 0.500 e. The Labute approximate surface area is 144 Å². The fourth-order valence-electron chi connectivity index (χ4n) is 3.96. The number of hydrogen-bond acceptors (Lipinski definition) is 1. The lowest BCUT2D eigenvalue weighted by Gasteiger charge is -2.37. The first-order chi connectivity index (χ1) is 11.8. The van der Waals surface area contributed by atoms with Gasteiger partial charge in [-0.3, -0.25) is 0 Å². The predicted octanol–water partition coefficient (Wildman–Crippen LogP) is 5.27. The minimum Gasteiger partial charge on any atom is -0.500 e. The maximum atomic E-state index is 5.54. The smallest absolute Gasteiger partial charge is 0.0976 e. The Kier molecular flexibility index (Phi) is 3.86. The molecule has 0 spiro atoms. The van der Waals surface area contributed by atoms with E-state index in [9.17, 15) is 0 Å². The van der Waals surface area contributed by atoms with Gasteiger partial charge in [0.1, 0.15) is 0 Å². The van der Waals surface area contributed by atoms with Crippen molar-refractivity contribution in [2.45, 2.75) is 12.3 Å². The molecule has 0 aromatic heterocycles. The van der Waals surface area contributed by atoms with Crippen molar-refractivity contribution >= 4 is 0 Å². The van der Waals surface area contributed by atoms with Gasteiger partial charge in [-0.15, -0.1) is 0 Å². The molecule has 120 valence electrons. The first-order valence-electron chi connectivity index (χ1n) is 8.61. The quantitative estimate of drug-likeness (QED) is 0.687. The molecule has 1 aliphatic heterocycles. The normalized spacial score (nSPS) is 24.5. The van der Waals surface area contributed by atoms with Crippen LogP contribution in [0, 0.1) is 11.8 Å². The van der Waals surface area contributed by atoms with E-state index < -0.39 is 0 Å². The second-order valence-electron chi connectivity index (χ2n) is 6.66. The van der Waals surface area contributed by atoms with Crippen LogP contribution in [0.1, 0.15) is 18.1 Å². The van der Waals surface area contributed by atoms with E-state index in [2.05, 4.69) is 91.9 Å². The average Bonchev–Trinajstić information content (AvgIpc) is 2.81. The molecule has 2 unspecified atom stereocenters. The van der Waals surface area contributed by atoms with Gasteiger partial charge >= 0.3 is 0 Å². The molecule has 1 nitrogen and oxygen atoms in total. The number of benzene rings is 2. The summed E-state index contributed by atoms with van der Waals surface area (Å²) < 4.78 is 5.54. The minimum atomic E-state index is -0.162. The van der Waals surface area contributed by atoms with E-state index in [-0.39, 0.29) is 5.41 Å². The lowest BCUT2D eigenvalue weighted by molar-refractivity contribution is 0.218. The average molecular weight is 314 g/mol. The number of fused-ring (bicyclic) bond motifs is 1. The van der Waals surface area contributed by atoms with Gasteiger partial charge in [-0.2, -0.15) is 0 Å². The van der Waals surface area contributed by atoms with Crippen LogP contribution < -0.4 is 0 Å². The second kappa shape index (κ2) is 6.16. The van der Waals surface area contributed by atoms with Crippen molar-refractivity contribution < 1.29 is 4.74 Å². The van der Waals surface area contributed by atoms with E-state index in [0.717, 1.165) is 6.61 Å². The Morgan fingerprint density at radius 2 is 1.50 bits per heavy atom. The summed E-state index contributed by atoms with van der Waals surface area (Å²) in [6, 6.07) is 21.7. The summed E-state index contributed by atoms with van der Waals surface area (Å²) in [6.07, 6.45) is 11.1. The summed E-state index contributed by atoms with van der Waals surface area (Å²) in [4.78, 5) is 0. The van der Waals surface area contributed by atoms with Crippen LogP contribution in [0.2, 0.25) is 0 Å². The van der Waals surface area contributed by atoms with Crippen molar-refractivity contribution in [2.24, 2.45) is 11.8 Å². The molecule has 0 radical (unpaired) electrons. The lowest BCUT2D eigenvalue weighted by Crippen LogP contribution is -2.32. The Hall–Kier alpha value is -2.54. The summed E-state index contributed by atoms with van der Waals surface area (Å²) in [5, 5.41) is 0.